The molecule has 2 atom stereocenters. The van der Waals surface area contributed by atoms with E-state index in [1.54, 1.807) is 0 Å². The number of hydrogen-bond acceptors (Lipinski definition) is 2. The minimum atomic E-state index is -0.221. The fraction of sp³-hybridized carbons (Fsp3) is 0.650. The molecule has 0 unspecified atom stereocenters. The smallest absolute Gasteiger partial charge is 0.233 e. The van der Waals surface area contributed by atoms with Gasteiger partial charge in [-0.25, -0.2) is 0 Å². The highest BCUT2D eigenvalue weighted by molar-refractivity contribution is 5.91. The Labute approximate surface area is 139 Å². The third-order valence-electron chi connectivity index (χ3n) is 6.49. The topological polar surface area (TPSA) is 29.5 Å². The van der Waals surface area contributed by atoms with E-state index in [1.165, 1.54) is 24.8 Å². The van der Waals surface area contributed by atoms with Crippen molar-refractivity contribution >= 4 is 5.91 Å². The van der Waals surface area contributed by atoms with Gasteiger partial charge in [0.2, 0.25) is 5.91 Å². The molecule has 0 radical (unpaired) electrons. The summed E-state index contributed by atoms with van der Waals surface area (Å²) in [4.78, 5) is 15.5. The quantitative estimate of drug-likeness (QED) is 0.854. The van der Waals surface area contributed by atoms with E-state index in [4.69, 9.17) is 4.74 Å². The molecule has 4 rings (SSSR count). The molecule has 1 aliphatic heterocycles. The number of amides is 1. The van der Waals surface area contributed by atoms with Gasteiger partial charge in [0.15, 0.2) is 0 Å². The number of hydrogen-bond donors (Lipinski definition) is 0. The van der Waals surface area contributed by atoms with Crippen molar-refractivity contribution in [2.75, 3.05) is 20.2 Å². The van der Waals surface area contributed by atoms with Crippen molar-refractivity contribution in [3.8, 4) is 0 Å². The first-order valence-corrected chi connectivity index (χ1v) is 9.08. The van der Waals surface area contributed by atoms with E-state index in [-0.39, 0.29) is 10.8 Å². The van der Waals surface area contributed by atoms with Gasteiger partial charge in [-0.05, 0) is 44.1 Å². The van der Waals surface area contributed by atoms with Crippen LogP contribution in [0.2, 0.25) is 0 Å². The number of rotatable bonds is 3. The van der Waals surface area contributed by atoms with Crippen LogP contribution >= 0.6 is 0 Å². The van der Waals surface area contributed by atoms with Crippen LogP contribution in [-0.4, -0.2) is 37.1 Å². The monoisotopic (exact) mass is 313 g/mol. The van der Waals surface area contributed by atoms with E-state index >= 15 is 0 Å². The number of ether oxygens (including phenoxy) is 1. The first-order valence-electron chi connectivity index (χ1n) is 9.08. The summed E-state index contributed by atoms with van der Waals surface area (Å²) >= 11 is 0. The Morgan fingerprint density at radius 3 is 2.57 bits per heavy atom. The van der Waals surface area contributed by atoms with Crippen LogP contribution in [0, 0.1) is 5.41 Å². The molecule has 3 fully saturated rings. The molecule has 2 saturated carbocycles. The SMILES string of the molecule is CO[C@@H]1CCC[C@]12CCCN(C(=O)C1(c3ccccc3)CC1)C2. The molecule has 1 spiro atoms. The van der Waals surface area contributed by atoms with E-state index in [0.29, 0.717) is 12.0 Å². The van der Waals surface area contributed by atoms with E-state index in [0.717, 1.165) is 38.8 Å². The Kier molecular flexibility index (Phi) is 3.72. The third kappa shape index (κ3) is 2.40. The summed E-state index contributed by atoms with van der Waals surface area (Å²) in [5, 5.41) is 0. The lowest BCUT2D eigenvalue weighted by Crippen LogP contribution is -2.52. The maximum absolute atomic E-state index is 13.3. The molecule has 1 amide bonds. The van der Waals surface area contributed by atoms with Crippen LogP contribution in [-0.2, 0) is 14.9 Å². The molecular weight excluding hydrogens is 286 g/mol. The number of methoxy groups -OCH3 is 1. The Balaban J connectivity index is 1.55. The summed E-state index contributed by atoms with van der Waals surface area (Å²) in [5.74, 6) is 0.365. The summed E-state index contributed by atoms with van der Waals surface area (Å²) < 4.78 is 5.78. The second kappa shape index (κ2) is 5.62. The maximum atomic E-state index is 13.3. The lowest BCUT2D eigenvalue weighted by molar-refractivity contribution is -0.140. The Hall–Kier alpha value is -1.35. The summed E-state index contributed by atoms with van der Waals surface area (Å²) in [6, 6.07) is 10.4. The largest absolute Gasteiger partial charge is 0.381 e. The predicted octanol–water partition coefficient (Wildman–Crippen LogP) is 3.53. The first-order chi connectivity index (χ1) is 11.2. The Morgan fingerprint density at radius 2 is 1.87 bits per heavy atom. The molecule has 124 valence electrons. The zero-order valence-corrected chi connectivity index (χ0v) is 14.1. The van der Waals surface area contributed by atoms with Gasteiger partial charge in [-0.1, -0.05) is 36.8 Å². The summed E-state index contributed by atoms with van der Waals surface area (Å²) in [7, 11) is 1.84. The number of piperidine rings is 1. The number of likely N-dealkylation sites (tertiary alicyclic amines) is 1. The molecule has 0 aromatic heterocycles. The van der Waals surface area contributed by atoms with Crippen LogP contribution in [0.4, 0.5) is 0 Å². The van der Waals surface area contributed by atoms with Gasteiger partial charge in [0.1, 0.15) is 0 Å². The molecule has 23 heavy (non-hydrogen) atoms. The average Bonchev–Trinajstić information content (AvgIpc) is 3.33. The minimum absolute atomic E-state index is 0.218. The fourth-order valence-corrected chi connectivity index (χ4v) is 5.09. The van der Waals surface area contributed by atoms with Gasteiger partial charge < -0.3 is 9.64 Å². The van der Waals surface area contributed by atoms with E-state index in [1.807, 2.05) is 13.2 Å². The van der Waals surface area contributed by atoms with Crippen LogP contribution < -0.4 is 0 Å². The summed E-state index contributed by atoms with van der Waals surface area (Å²) in [5.41, 5.74) is 1.20. The number of carbonyl (C=O) groups excluding carboxylic acids is 1. The zero-order chi connectivity index (χ0) is 15.9. The second-order valence-corrected chi connectivity index (χ2v) is 7.76. The predicted molar refractivity (Wildman–Crippen MR) is 90.2 cm³/mol. The van der Waals surface area contributed by atoms with Gasteiger partial charge in [-0.15, -0.1) is 0 Å². The second-order valence-electron chi connectivity index (χ2n) is 7.76. The molecular formula is C20H27NO2. The number of benzene rings is 1. The first kappa shape index (κ1) is 15.2. The van der Waals surface area contributed by atoms with E-state index in [9.17, 15) is 4.79 Å². The number of carbonyl (C=O) groups is 1. The standard InChI is InChI=1S/C20H27NO2/c1-23-17-9-5-10-19(17)11-6-14-21(15-19)18(22)20(12-13-20)16-7-3-2-4-8-16/h2-4,7-8,17H,5-6,9-15H2,1H3/t17-,19-/m1/s1. The molecule has 1 aromatic carbocycles. The van der Waals surface area contributed by atoms with Crippen LogP contribution in [0.15, 0.2) is 30.3 Å². The van der Waals surface area contributed by atoms with Crippen LogP contribution in [0.1, 0.15) is 50.5 Å². The minimum Gasteiger partial charge on any atom is -0.381 e. The lowest BCUT2D eigenvalue weighted by atomic mass is 9.76. The highest BCUT2D eigenvalue weighted by Gasteiger charge is 2.55. The van der Waals surface area contributed by atoms with Gasteiger partial charge in [0.05, 0.1) is 11.5 Å². The van der Waals surface area contributed by atoms with E-state index in [2.05, 4.69) is 29.2 Å². The molecule has 3 nitrogen and oxygen atoms in total. The van der Waals surface area contributed by atoms with Crippen LogP contribution in [0.3, 0.4) is 0 Å². The lowest BCUT2D eigenvalue weighted by Gasteiger charge is -2.44. The van der Waals surface area contributed by atoms with Crippen LogP contribution in [0.5, 0.6) is 0 Å². The van der Waals surface area contributed by atoms with Gasteiger partial charge >= 0.3 is 0 Å². The van der Waals surface area contributed by atoms with Crippen molar-refractivity contribution in [3.05, 3.63) is 35.9 Å². The van der Waals surface area contributed by atoms with Crippen molar-refractivity contribution in [2.45, 2.75) is 56.5 Å². The highest BCUT2D eigenvalue weighted by Crippen LogP contribution is 2.52. The fourth-order valence-electron chi connectivity index (χ4n) is 5.09. The van der Waals surface area contributed by atoms with Crippen LogP contribution in [0.25, 0.3) is 0 Å². The van der Waals surface area contributed by atoms with Gasteiger partial charge in [-0.2, -0.15) is 0 Å². The van der Waals surface area contributed by atoms with Crippen molar-refractivity contribution in [3.63, 3.8) is 0 Å². The summed E-state index contributed by atoms with van der Waals surface area (Å²) in [6.45, 7) is 1.82. The van der Waals surface area contributed by atoms with Crippen molar-refractivity contribution in [2.24, 2.45) is 5.41 Å². The maximum Gasteiger partial charge on any atom is 0.233 e. The van der Waals surface area contributed by atoms with Gasteiger partial charge in [0, 0.05) is 25.6 Å². The Morgan fingerprint density at radius 1 is 1.13 bits per heavy atom. The molecule has 0 bridgehead atoms. The molecule has 0 N–H and O–H groups in total. The molecule has 1 heterocycles. The normalized spacial score (nSPS) is 32.2. The molecule has 1 saturated heterocycles. The zero-order valence-electron chi connectivity index (χ0n) is 14.1. The molecule has 3 aliphatic rings. The average molecular weight is 313 g/mol. The summed E-state index contributed by atoms with van der Waals surface area (Å²) in [6.07, 6.45) is 8.30. The molecule has 1 aromatic rings. The van der Waals surface area contributed by atoms with Crippen molar-refractivity contribution in [1.82, 2.24) is 4.90 Å². The van der Waals surface area contributed by atoms with Crippen molar-refractivity contribution < 1.29 is 9.53 Å². The molecule has 3 heteroatoms. The van der Waals surface area contributed by atoms with E-state index < -0.39 is 0 Å². The number of nitrogens with zero attached hydrogens (tertiary/aromatic N) is 1. The van der Waals surface area contributed by atoms with Crippen molar-refractivity contribution in [1.29, 1.82) is 0 Å². The third-order valence-corrected chi connectivity index (χ3v) is 6.49. The Bertz CT molecular complexity index is 581. The van der Waals surface area contributed by atoms with Gasteiger partial charge in [0.25, 0.3) is 0 Å². The molecule has 2 aliphatic carbocycles. The van der Waals surface area contributed by atoms with Gasteiger partial charge in [-0.3, -0.25) is 4.79 Å². The highest BCUT2D eigenvalue weighted by atomic mass is 16.5.